The van der Waals surface area contributed by atoms with Crippen molar-refractivity contribution in [1.82, 2.24) is 15.2 Å². The molecule has 6 heteroatoms. The van der Waals surface area contributed by atoms with E-state index in [1.54, 1.807) is 12.4 Å². The molecule has 4 rings (SSSR count). The summed E-state index contributed by atoms with van der Waals surface area (Å²) in [4.78, 5) is 30.7. The van der Waals surface area contributed by atoms with E-state index in [-0.39, 0.29) is 29.2 Å². The Labute approximate surface area is 141 Å². The number of hydrogen-bond donors (Lipinski definition) is 1. The molecule has 6 nitrogen and oxygen atoms in total. The van der Waals surface area contributed by atoms with Crippen molar-refractivity contribution < 1.29 is 14.3 Å². The van der Waals surface area contributed by atoms with Crippen LogP contribution < -0.4 is 5.32 Å². The third-order valence-corrected chi connectivity index (χ3v) is 5.80. The minimum Gasteiger partial charge on any atom is -0.381 e. The van der Waals surface area contributed by atoms with Gasteiger partial charge in [0.1, 0.15) is 0 Å². The fourth-order valence-corrected chi connectivity index (χ4v) is 4.42. The van der Waals surface area contributed by atoms with Crippen LogP contribution in [0.3, 0.4) is 0 Å². The van der Waals surface area contributed by atoms with E-state index in [9.17, 15) is 9.59 Å². The number of aromatic nitrogens is 1. The van der Waals surface area contributed by atoms with Gasteiger partial charge in [-0.05, 0) is 37.0 Å². The van der Waals surface area contributed by atoms with Gasteiger partial charge in [0.05, 0.1) is 18.1 Å². The van der Waals surface area contributed by atoms with Crippen molar-refractivity contribution >= 4 is 11.8 Å². The lowest BCUT2D eigenvalue weighted by Gasteiger charge is -2.43. The number of hydrogen-bond acceptors (Lipinski definition) is 4. The van der Waals surface area contributed by atoms with Crippen LogP contribution in [-0.2, 0) is 14.3 Å². The van der Waals surface area contributed by atoms with E-state index < -0.39 is 0 Å². The minimum absolute atomic E-state index is 0.0215. The molecule has 2 amide bonds. The largest absolute Gasteiger partial charge is 0.381 e. The smallest absolute Gasteiger partial charge is 0.228 e. The predicted molar refractivity (Wildman–Crippen MR) is 87.2 cm³/mol. The van der Waals surface area contributed by atoms with Crippen LogP contribution in [0.25, 0.3) is 0 Å². The maximum Gasteiger partial charge on any atom is 0.228 e. The number of nitrogens with one attached hydrogen (secondary N) is 1. The van der Waals surface area contributed by atoms with Crippen molar-refractivity contribution in [1.29, 1.82) is 0 Å². The summed E-state index contributed by atoms with van der Waals surface area (Å²) in [5.74, 6) is 0.515. The van der Waals surface area contributed by atoms with Crippen molar-refractivity contribution in [2.45, 2.75) is 37.1 Å². The monoisotopic (exact) mass is 329 g/mol. The van der Waals surface area contributed by atoms with Gasteiger partial charge in [-0.25, -0.2) is 0 Å². The minimum atomic E-state index is -0.221. The molecule has 1 aromatic heterocycles. The summed E-state index contributed by atoms with van der Waals surface area (Å²) in [7, 11) is 0. The summed E-state index contributed by atoms with van der Waals surface area (Å²) in [5, 5.41) is 3.22. The molecular weight excluding hydrogens is 306 g/mol. The highest BCUT2D eigenvalue weighted by molar-refractivity contribution is 5.82. The van der Waals surface area contributed by atoms with Gasteiger partial charge in [0.2, 0.25) is 11.8 Å². The van der Waals surface area contributed by atoms with Gasteiger partial charge >= 0.3 is 0 Å². The van der Waals surface area contributed by atoms with Gasteiger partial charge in [0.15, 0.2) is 0 Å². The molecule has 128 valence electrons. The molecule has 3 aliphatic heterocycles. The van der Waals surface area contributed by atoms with E-state index in [1.165, 1.54) is 0 Å². The summed E-state index contributed by atoms with van der Waals surface area (Å²) in [6.07, 6.45) is 6.54. The van der Waals surface area contributed by atoms with Crippen LogP contribution in [-0.4, -0.2) is 53.5 Å². The Hall–Kier alpha value is -1.95. The van der Waals surface area contributed by atoms with E-state index >= 15 is 0 Å². The Morgan fingerprint density at radius 2 is 2.04 bits per heavy atom. The molecular formula is C18H23N3O3. The number of nitrogens with zero attached hydrogens (tertiary/aromatic N) is 2. The number of likely N-dealkylation sites (tertiary alicyclic amines) is 1. The normalized spacial score (nSPS) is 29.0. The summed E-state index contributed by atoms with van der Waals surface area (Å²) in [6.45, 7) is 2.65. The third kappa shape index (κ3) is 2.69. The van der Waals surface area contributed by atoms with Crippen molar-refractivity contribution in [3.05, 3.63) is 30.1 Å². The van der Waals surface area contributed by atoms with Gasteiger partial charge in [-0.3, -0.25) is 14.6 Å². The summed E-state index contributed by atoms with van der Waals surface area (Å²) >= 11 is 0. The fourth-order valence-electron chi connectivity index (χ4n) is 4.42. The average Bonchev–Trinajstić information content (AvgIpc) is 3.24. The first-order valence-corrected chi connectivity index (χ1v) is 8.75. The van der Waals surface area contributed by atoms with E-state index in [4.69, 9.17) is 4.74 Å². The highest BCUT2D eigenvalue weighted by Gasteiger charge is 2.49. The van der Waals surface area contributed by atoms with Crippen LogP contribution in [0.1, 0.15) is 37.2 Å². The molecule has 3 saturated heterocycles. The average molecular weight is 329 g/mol. The van der Waals surface area contributed by atoms with Crippen LogP contribution in [0.4, 0.5) is 0 Å². The Kier molecular flexibility index (Phi) is 4.00. The Bertz CT molecular complexity index is 620. The molecule has 0 bridgehead atoms. The predicted octanol–water partition coefficient (Wildman–Crippen LogP) is 1.08. The molecule has 3 fully saturated rings. The Morgan fingerprint density at radius 3 is 2.71 bits per heavy atom. The second-order valence-electron chi connectivity index (χ2n) is 7.13. The molecule has 4 heterocycles. The van der Waals surface area contributed by atoms with Gasteiger partial charge in [-0.2, -0.15) is 0 Å². The van der Waals surface area contributed by atoms with Gasteiger partial charge in [-0.1, -0.05) is 0 Å². The molecule has 3 aliphatic rings. The van der Waals surface area contributed by atoms with Crippen LogP contribution in [0.15, 0.2) is 24.5 Å². The molecule has 2 atom stereocenters. The lowest BCUT2D eigenvalue weighted by Crippen LogP contribution is -2.55. The maximum atomic E-state index is 12.6. The third-order valence-electron chi connectivity index (χ3n) is 5.80. The van der Waals surface area contributed by atoms with Crippen LogP contribution in [0, 0.1) is 5.92 Å². The number of piperidine rings is 1. The zero-order valence-corrected chi connectivity index (χ0v) is 13.7. The quantitative estimate of drug-likeness (QED) is 0.881. The molecule has 0 saturated carbocycles. The zero-order chi connectivity index (χ0) is 16.6. The number of amides is 2. The van der Waals surface area contributed by atoms with Gasteiger partial charge < -0.3 is 15.0 Å². The number of carbonyl (C=O) groups excluding carboxylic acids is 2. The number of carbonyl (C=O) groups is 2. The first kappa shape index (κ1) is 15.6. The lowest BCUT2D eigenvalue weighted by molar-refractivity contribution is -0.137. The topological polar surface area (TPSA) is 71.5 Å². The molecule has 1 N–H and O–H groups in total. The fraction of sp³-hybridized carbons (Fsp3) is 0.611. The first-order valence-electron chi connectivity index (χ1n) is 8.75. The molecule has 0 aliphatic carbocycles. The Morgan fingerprint density at radius 1 is 1.29 bits per heavy atom. The molecule has 24 heavy (non-hydrogen) atoms. The molecule has 0 aromatic carbocycles. The molecule has 1 spiro atoms. The number of pyridine rings is 1. The van der Waals surface area contributed by atoms with Crippen molar-refractivity contribution in [3.63, 3.8) is 0 Å². The van der Waals surface area contributed by atoms with E-state index in [0.717, 1.165) is 24.8 Å². The van der Waals surface area contributed by atoms with E-state index in [2.05, 4.69) is 10.3 Å². The van der Waals surface area contributed by atoms with E-state index in [1.807, 2.05) is 17.0 Å². The van der Waals surface area contributed by atoms with Crippen molar-refractivity contribution in [3.8, 4) is 0 Å². The second kappa shape index (κ2) is 6.16. The molecule has 0 radical (unpaired) electrons. The maximum absolute atomic E-state index is 12.6. The highest BCUT2D eigenvalue weighted by Crippen LogP contribution is 2.43. The lowest BCUT2D eigenvalue weighted by atomic mass is 9.74. The van der Waals surface area contributed by atoms with Crippen LogP contribution >= 0.6 is 0 Å². The second-order valence-corrected chi connectivity index (χ2v) is 7.13. The Balaban J connectivity index is 1.48. The molecule has 0 unspecified atom stereocenters. The van der Waals surface area contributed by atoms with E-state index in [0.29, 0.717) is 32.7 Å². The number of ether oxygens (including phenoxy) is 1. The number of rotatable bonds is 2. The van der Waals surface area contributed by atoms with Crippen molar-refractivity contribution in [2.75, 3.05) is 26.3 Å². The highest BCUT2D eigenvalue weighted by atomic mass is 16.5. The van der Waals surface area contributed by atoms with Gasteiger partial charge in [-0.15, -0.1) is 0 Å². The molecule has 1 aromatic rings. The summed E-state index contributed by atoms with van der Waals surface area (Å²) in [5.41, 5.74) is 0.939. The summed E-state index contributed by atoms with van der Waals surface area (Å²) in [6, 6.07) is 4.00. The van der Waals surface area contributed by atoms with Crippen LogP contribution in [0.2, 0.25) is 0 Å². The standard InChI is InChI=1S/C18H23N3O3/c22-16-11-15(13-1-6-19-7-2-13)18(20-16)4-8-21(9-5-18)17(23)14-3-10-24-12-14/h1-2,6-7,14-15H,3-5,8-12H2,(H,20,22)/t14-,15-/m1/s1. The van der Waals surface area contributed by atoms with Gasteiger partial charge in [0, 0.05) is 44.4 Å². The SMILES string of the molecule is O=C1C[C@H](c2ccncc2)C2(CCN(C(=O)[C@@H]3CCOC3)CC2)N1. The van der Waals surface area contributed by atoms with Crippen molar-refractivity contribution in [2.24, 2.45) is 5.92 Å². The first-order chi connectivity index (χ1) is 11.7. The summed E-state index contributed by atoms with van der Waals surface area (Å²) < 4.78 is 5.34. The van der Waals surface area contributed by atoms with Crippen LogP contribution in [0.5, 0.6) is 0 Å². The van der Waals surface area contributed by atoms with Gasteiger partial charge in [0.25, 0.3) is 0 Å². The zero-order valence-electron chi connectivity index (χ0n) is 13.7.